The van der Waals surface area contributed by atoms with E-state index >= 15 is 0 Å². The fourth-order valence-electron chi connectivity index (χ4n) is 2.54. The zero-order valence-corrected chi connectivity index (χ0v) is 12.4. The summed E-state index contributed by atoms with van der Waals surface area (Å²) in [4.78, 5) is 12.1. The first-order chi connectivity index (χ1) is 8.68. The van der Waals surface area contributed by atoms with E-state index in [1.165, 1.54) is 17.5 Å². The van der Waals surface area contributed by atoms with Crippen LogP contribution >= 0.6 is 12.4 Å². The van der Waals surface area contributed by atoms with Gasteiger partial charge in [-0.2, -0.15) is 0 Å². The molecule has 1 heterocycles. The molecule has 0 aliphatic carbocycles. The SMILES string of the molecule is Cc1ccccc1C(C)NC(=O)[C@H]1CCCCN1.Cl. The molecule has 1 saturated heterocycles. The van der Waals surface area contributed by atoms with Gasteiger partial charge < -0.3 is 10.6 Å². The van der Waals surface area contributed by atoms with Crippen LogP contribution in [-0.4, -0.2) is 18.5 Å². The van der Waals surface area contributed by atoms with Gasteiger partial charge in [-0.15, -0.1) is 12.4 Å². The predicted molar refractivity (Wildman–Crippen MR) is 80.6 cm³/mol. The third-order valence-electron chi connectivity index (χ3n) is 3.64. The van der Waals surface area contributed by atoms with Crippen LogP contribution in [0.5, 0.6) is 0 Å². The van der Waals surface area contributed by atoms with Crippen molar-refractivity contribution in [1.82, 2.24) is 10.6 Å². The first-order valence-corrected chi connectivity index (χ1v) is 6.78. The maximum absolute atomic E-state index is 12.1. The lowest BCUT2D eigenvalue weighted by Crippen LogP contribution is -2.47. The monoisotopic (exact) mass is 282 g/mol. The molecule has 2 atom stereocenters. The van der Waals surface area contributed by atoms with E-state index in [9.17, 15) is 4.79 Å². The number of nitrogens with one attached hydrogen (secondary N) is 2. The summed E-state index contributed by atoms with van der Waals surface area (Å²) >= 11 is 0. The number of piperidine rings is 1. The van der Waals surface area contributed by atoms with Crippen molar-refractivity contribution >= 4 is 18.3 Å². The average molecular weight is 283 g/mol. The Balaban J connectivity index is 0.00000180. The van der Waals surface area contributed by atoms with Gasteiger partial charge in [-0.05, 0) is 44.4 Å². The summed E-state index contributed by atoms with van der Waals surface area (Å²) in [6.45, 7) is 5.08. The predicted octanol–water partition coefficient (Wildman–Crippen LogP) is 2.74. The Morgan fingerprint density at radius 2 is 2.11 bits per heavy atom. The Labute approximate surface area is 121 Å². The lowest BCUT2D eigenvalue weighted by Gasteiger charge is -2.25. The van der Waals surface area contributed by atoms with E-state index in [1.54, 1.807) is 0 Å². The number of carbonyl (C=O) groups is 1. The summed E-state index contributed by atoms with van der Waals surface area (Å²) in [7, 11) is 0. The number of hydrogen-bond donors (Lipinski definition) is 2. The number of rotatable bonds is 3. The number of benzene rings is 1. The van der Waals surface area contributed by atoms with Gasteiger partial charge >= 0.3 is 0 Å². The zero-order chi connectivity index (χ0) is 13.0. The molecule has 0 aromatic heterocycles. The fraction of sp³-hybridized carbons (Fsp3) is 0.533. The van der Waals surface area contributed by atoms with Crippen molar-refractivity contribution in [2.45, 2.75) is 45.2 Å². The van der Waals surface area contributed by atoms with E-state index < -0.39 is 0 Å². The minimum absolute atomic E-state index is 0. The summed E-state index contributed by atoms with van der Waals surface area (Å²) in [6.07, 6.45) is 3.27. The minimum Gasteiger partial charge on any atom is -0.348 e. The molecule has 0 spiro atoms. The quantitative estimate of drug-likeness (QED) is 0.895. The number of amides is 1. The summed E-state index contributed by atoms with van der Waals surface area (Å²) < 4.78 is 0. The molecule has 4 heteroatoms. The summed E-state index contributed by atoms with van der Waals surface area (Å²) in [5.74, 6) is 0.130. The van der Waals surface area contributed by atoms with Gasteiger partial charge in [-0.25, -0.2) is 0 Å². The highest BCUT2D eigenvalue weighted by Gasteiger charge is 2.22. The first-order valence-electron chi connectivity index (χ1n) is 6.78. The third kappa shape index (κ3) is 4.22. The maximum atomic E-state index is 12.1. The van der Waals surface area contributed by atoms with E-state index in [0.717, 1.165) is 19.4 Å². The lowest BCUT2D eigenvalue weighted by molar-refractivity contribution is -0.124. The van der Waals surface area contributed by atoms with E-state index in [4.69, 9.17) is 0 Å². The molecule has 19 heavy (non-hydrogen) atoms. The van der Waals surface area contributed by atoms with Crippen LogP contribution in [0.15, 0.2) is 24.3 Å². The van der Waals surface area contributed by atoms with Crippen molar-refractivity contribution in [3.63, 3.8) is 0 Å². The standard InChI is InChI=1S/C15H22N2O.ClH/c1-11-7-3-4-8-13(11)12(2)17-15(18)14-9-5-6-10-16-14;/h3-4,7-8,12,14,16H,5-6,9-10H2,1-2H3,(H,17,18);1H/t12?,14-;/m1./s1. The fourth-order valence-corrected chi connectivity index (χ4v) is 2.54. The van der Waals surface area contributed by atoms with Gasteiger partial charge in [0, 0.05) is 0 Å². The second-order valence-electron chi connectivity index (χ2n) is 5.09. The largest absolute Gasteiger partial charge is 0.348 e. The third-order valence-corrected chi connectivity index (χ3v) is 3.64. The van der Waals surface area contributed by atoms with Crippen LogP contribution in [0.3, 0.4) is 0 Å². The number of aryl methyl sites for hydroxylation is 1. The van der Waals surface area contributed by atoms with Gasteiger partial charge in [0.15, 0.2) is 0 Å². The van der Waals surface area contributed by atoms with Crippen molar-refractivity contribution < 1.29 is 4.79 Å². The maximum Gasteiger partial charge on any atom is 0.237 e. The second kappa shape index (κ2) is 7.51. The van der Waals surface area contributed by atoms with Gasteiger partial charge in [-0.3, -0.25) is 4.79 Å². The molecule has 2 rings (SSSR count). The van der Waals surface area contributed by atoms with Crippen LogP contribution in [0.4, 0.5) is 0 Å². The van der Waals surface area contributed by atoms with Crippen LogP contribution in [-0.2, 0) is 4.79 Å². The average Bonchev–Trinajstić information content (AvgIpc) is 2.40. The van der Waals surface area contributed by atoms with Gasteiger partial charge in [0.25, 0.3) is 0 Å². The molecule has 1 fully saturated rings. The molecule has 3 nitrogen and oxygen atoms in total. The second-order valence-corrected chi connectivity index (χ2v) is 5.09. The Morgan fingerprint density at radius 3 is 2.74 bits per heavy atom. The highest BCUT2D eigenvalue weighted by molar-refractivity contribution is 5.85. The molecule has 1 aromatic carbocycles. The summed E-state index contributed by atoms with van der Waals surface area (Å²) in [5.41, 5.74) is 2.42. The number of hydrogen-bond acceptors (Lipinski definition) is 2. The molecule has 2 N–H and O–H groups in total. The van der Waals surface area contributed by atoms with Crippen LogP contribution in [0.2, 0.25) is 0 Å². The first kappa shape index (κ1) is 16.0. The van der Waals surface area contributed by atoms with Crippen LogP contribution in [0, 0.1) is 6.92 Å². The molecular formula is C15H23ClN2O. The van der Waals surface area contributed by atoms with Gasteiger partial charge in [0.05, 0.1) is 12.1 Å². The van der Waals surface area contributed by atoms with Gasteiger partial charge in [0.1, 0.15) is 0 Å². The Hall–Kier alpha value is -1.06. The minimum atomic E-state index is -0.00906. The Kier molecular flexibility index (Phi) is 6.32. The number of halogens is 1. The molecule has 1 amide bonds. The van der Waals surface area contributed by atoms with Crippen molar-refractivity contribution in [2.24, 2.45) is 0 Å². The molecular weight excluding hydrogens is 260 g/mol. The molecule has 0 bridgehead atoms. The zero-order valence-electron chi connectivity index (χ0n) is 11.6. The Bertz CT molecular complexity index is 416. The highest BCUT2D eigenvalue weighted by atomic mass is 35.5. The molecule has 1 aliphatic rings. The lowest BCUT2D eigenvalue weighted by atomic mass is 10.0. The highest BCUT2D eigenvalue weighted by Crippen LogP contribution is 2.17. The smallest absolute Gasteiger partial charge is 0.237 e. The molecule has 1 unspecified atom stereocenters. The van der Waals surface area contributed by atoms with Crippen molar-refractivity contribution in [3.05, 3.63) is 35.4 Å². The summed E-state index contributed by atoms with van der Waals surface area (Å²) in [5, 5.41) is 6.38. The van der Waals surface area contributed by atoms with E-state index in [1.807, 2.05) is 19.1 Å². The molecule has 1 aliphatic heterocycles. The molecule has 106 valence electrons. The van der Waals surface area contributed by atoms with E-state index in [-0.39, 0.29) is 30.4 Å². The van der Waals surface area contributed by atoms with Crippen LogP contribution < -0.4 is 10.6 Å². The van der Waals surface area contributed by atoms with Crippen LogP contribution in [0.1, 0.15) is 43.4 Å². The van der Waals surface area contributed by atoms with Crippen molar-refractivity contribution in [2.75, 3.05) is 6.54 Å². The van der Waals surface area contributed by atoms with Crippen LogP contribution in [0.25, 0.3) is 0 Å². The normalized spacial score (nSPS) is 20.2. The summed E-state index contributed by atoms with van der Waals surface area (Å²) in [6, 6.07) is 8.26. The molecule has 0 radical (unpaired) electrons. The molecule has 0 saturated carbocycles. The van der Waals surface area contributed by atoms with E-state index in [2.05, 4.69) is 29.7 Å². The van der Waals surface area contributed by atoms with Crippen molar-refractivity contribution in [3.8, 4) is 0 Å². The van der Waals surface area contributed by atoms with E-state index in [0.29, 0.717) is 0 Å². The van der Waals surface area contributed by atoms with Gasteiger partial charge in [-0.1, -0.05) is 30.7 Å². The Morgan fingerprint density at radius 1 is 1.37 bits per heavy atom. The number of carbonyl (C=O) groups excluding carboxylic acids is 1. The molecule has 1 aromatic rings. The van der Waals surface area contributed by atoms with Crippen molar-refractivity contribution in [1.29, 1.82) is 0 Å². The topological polar surface area (TPSA) is 41.1 Å². The van der Waals surface area contributed by atoms with Gasteiger partial charge in [0.2, 0.25) is 5.91 Å².